The average Bonchev–Trinajstić information content (AvgIpc) is 2.51. The number of hydrogen-bond acceptors (Lipinski definition) is 6. The fourth-order valence-corrected chi connectivity index (χ4v) is 3.24. The summed E-state index contributed by atoms with van der Waals surface area (Å²) in [6.45, 7) is 2.06. The van der Waals surface area contributed by atoms with E-state index in [4.69, 9.17) is 5.73 Å². The van der Waals surface area contributed by atoms with Crippen molar-refractivity contribution in [3.63, 3.8) is 0 Å². The van der Waals surface area contributed by atoms with Gasteiger partial charge in [-0.2, -0.15) is 0 Å². The van der Waals surface area contributed by atoms with Crippen LogP contribution in [0, 0.1) is 5.92 Å². The van der Waals surface area contributed by atoms with Crippen LogP contribution in [-0.4, -0.2) is 50.0 Å². The molecular weight excluding hydrogens is 316 g/mol. The molecule has 1 aliphatic heterocycles. The molecule has 24 heavy (non-hydrogen) atoms. The lowest BCUT2D eigenvalue weighted by molar-refractivity contribution is -0.146. The van der Waals surface area contributed by atoms with Gasteiger partial charge in [-0.25, -0.2) is 4.79 Å². The topological polar surface area (TPSA) is 128 Å². The third kappa shape index (κ3) is 2.99. The van der Waals surface area contributed by atoms with Crippen LogP contribution in [0.4, 0.5) is 5.82 Å². The molecule has 9 nitrogen and oxygen atoms in total. The van der Waals surface area contributed by atoms with Gasteiger partial charge in [-0.1, -0.05) is 6.92 Å². The predicted octanol–water partition coefficient (Wildman–Crippen LogP) is -0.966. The van der Waals surface area contributed by atoms with Crippen LogP contribution < -0.4 is 17.0 Å². The predicted molar refractivity (Wildman–Crippen MR) is 87.1 cm³/mol. The summed E-state index contributed by atoms with van der Waals surface area (Å²) in [5, 5.41) is 9.41. The number of ketones is 1. The van der Waals surface area contributed by atoms with Gasteiger partial charge in [0.05, 0.1) is 6.54 Å². The molecule has 0 bridgehead atoms. The highest BCUT2D eigenvalue weighted by Gasteiger charge is 2.36. The number of hydrogen-bond donors (Lipinski definition) is 2. The number of likely N-dealkylation sites (tertiary alicyclic amines) is 1. The van der Waals surface area contributed by atoms with Crippen LogP contribution >= 0.6 is 0 Å². The molecule has 0 amide bonds. The average molecular weight is 338 g/mol. The SMILES string of the molecule is CC1CCCN(CC(=O)c2c(N)n(C)c(=O)n(C)c2=O)C1C(=O)O. The zero-order valence-corrected chi connectivity index (χ0v) is 14.0. The van der Waals surface area contributed by atoms with Gasteiger partial charge in [-0.05, 0) is 25.3 Å². The number of aromatic nitrogens is 2. The molecule has 3 N–H and O–H groups in total. The van der Waals surface area contributed by atoms with Crippen molar-refractivity contribution < 1.29 is 14.7 Å². The number of piperidine rings is 1. The Morgan fingerprint density at radius 3 is 2.46 bits per heavy atom. The highest BCUT2D eigenvalue weighted by Crippen LogP contribution is 2.23. The van der Waals surface area contributed by atoms with Gasteiger partial charge in [-0.3, -0.25) is 28.4 Å². The number of nitrogens with zero attached hydrogens (tertiary/aromatic N) is 3. The van der Waals surface area contributed by atoms with E-state index in [0.29, 0.717) is 6.54 Å². The van der Waals surface area contributed by atoms with Crippen LogP contribution in [0.2, 0.25) is 0 Å². The zero-order valence-electron chi connectivity index (χ0n) is 14.0. The van der Waals surface area contributed by atoms with Crippen LogP contribution in [-0.2, 0) is 18.9 Å². The highest BCUT2D eigenvalue weighted by molar-refractivity contribution is 6.01. The first-order valence-corrected chi connectivity index (χ1v) is 7.72. The van der Waals surface area contributed by atoms with Gasteiger partial charge in [0.1, 0.15) is 17.4 Å². The maximum atomic E-state index is 12.6. The lowest BCUT2D eigenvalue weighted by Crippen LogP contribution is -2.52. The number of carboxylic acid groups (broad SMARTS) is 1. The van der Waals surface area contributed by atoms with Crippen molar-refractivity contribution in [1.29, 1.82) is 0 Å². The molecule has 0 aliphatic carbocycles. The monoisotopic (exact) mass is 338 g/mol. The maximum absolute atomic E-state index is 12.6. The van der Waals surface area contributed by atoms with Gasteiger partial charge in [0.2, 0.25) is 0 Å². The second kappa shape index (κ2) is 6.60. The Balaban J connectivity index is 2.39. The van der Waals surface area contributed by atoms with Crippen LogP contribution in [0.1, 0.15) is 30.1 Å². The van der Waals surface area contributed by atoms with Gasteiger partial charge in [0, 0.05) is 14.1 Å². The zero-order chi connectivity index (χ0) is 18.2. The Bertz CT molecular complexity index is 794. The van der Waals surface area contributed by atoms with E-state index >= 15 is 0 Å². The molecule has 1 fully saturated rings. The standard InChI is InChI=1S/C15H22N4O5/c1-8-5-4-6-19(11(8)14(22)23)7-9(20)10-12(16)17(2)15(24)18(3)13(10)21/h8,11H,4-7,16H2,1-3H3,(H,22,23). The summed E-state index contributed by atoms with van der Waals surface area (Å²) in [5.41, 5.74) is 4.11. The number of Topliss-reactive ketones (excluding diaryl/α,β-unsaturated/α-hetero) is 1. The number of carbonyl (C=O) groups is 2. The van der Waals surface area contributed by atoms with E-state index < -0.39 is 29.0 Å². The van der Waals surface area contributed by atoms with Crippen molar-refractivity contribution in [3.8, 4) is 0 Å². The van der Waals surface area contributed by atoms with E-state index in [1.807, 2.05) is 6.92 Å². The minimum Gasteiger partial charge on any atom is -0.480 e. The minimum absolute atomic E-state index is 0.0932. The molecule has 1 saturated heterocycles. The smallest absolute Gasteiger partial charge is 0.332 e. The van der Waals surface area contributed by atoms with Crippen LogP contribution in [0.25, 0.3) is 0 Å². The number of aliphatic carboxylic acids is 1. The fraction of sp³-hybridized carbons (Fsp3) is 0.600. The molecule has 1 aromatic heterocycles. The van der Waals surface area contributed by atoms with E-state index in [1.54, 1.807) is 4.90 Å². The lowest BCUT2D eigenvalue weighted by atomic mass is 9.90. The Hall–Kier alpha value is -2.42. The first-order chi connectivity index (χ1) is 11.2. The molecule has 2 heterocycles. The molecule has 0 spiro atoms. The number of nitrogen functional groups attached to an aromatic ring is 1. The minimum atomic E-state index is -0.990. The third-order valence-corrected chi connectivity index (χ3v) is 4.63. The van der Waals surface area contributed by atoms with Crippen LogP contribution in [0.3, 0.4) is 0 Å². The fourth-order valence-electron chi connectivity index (χ4n) is 3.24. The Kier molecular flexibility index (Phi) is 4.93. The summed E-state index contributed by atoms with van der Waals surface area (Å²) in [5.74, 6) is -1.87. The molecule has 0 radical (unpaired) electrons. The molecule has 2 atom stereocenters. The summed E-state index contributed by atoms with van der Waals surface area (Å²) in [4.78, 5) is 49.7. The van der Waals surface area contributed by atoms with Gasteiger partial charge >= 0.3 is 11.7 Å². The molecule has 1 aliphatic rings. The first kappa shape index (κ1) is 17.9. The summed E-state index contributed by atoms with van der Waals surface area (Å²) >= 11 is 0. The molecule has 1 aromatic rings. The van der Waals surface area contributed by atoms with E-state index in [1.165, 1.54) is 14.1 Å². The normalized spacial score (nSPS) is 21.6. The maximum Gasteiger partial charge on any atom is 0.332 e. The number of rotatable bonds is 4. The van der Waals surface area contributed by atoms with Crippen molar-refractivity contribution >= 4 is 17.6 Å². The molecule has 2 rings (SSSR count). The molecular formula is C15H22N4O5. The van der Waals surface area contributed by atoms with Crippen molar-refractivity contribution in [2.75, 3.05) is 18.8 Å². The van der Waals surface area contributed by atoms with E-state index in [2.05, 4.69) is 0 Å². The highest BCUT2D eigenvalue weighted by atomic mass is 16.4. The lowest BCUT2D eigenvalue weighted by Gasteiger charge is -2.36. The van der Waals surface area contributed by atoms with Gasteiger partial charge in [0.15, 0.2) is 5.78 Å². The Morgan fingerprint density at radius 2 is 1.88 bits per heavy atom. The van der Waals surface area contributed by atoms with Crippen molar-refractivity contribution in [2.45, 2.75) is 25.8 Å². The first-order valence-electron chi connectivity index (χ1n) is 7.72. The molecule has 0 aromatic carbocycles. The number of carboxylic acids is 1. The number of carbonyl (C=O) groups excluding carboxylic acids is 1. The third-order valence-electron chi connectivity index (χ3n) is 4.63. The molecule has 2 unspecified atom stereocenters. The number of nitrogens with two attached hydrogens (primary N) is 1. The Morgan fingerprint density at radius 1 is 1.25 bits per heavy atom. The number of anilines is 1. The van der Waals surface area contributed by atoms with Crippen molar-refractivity contribution in [1.82, 2.24) is 14.0 Å². The summed E-state index contributed by atoms with van der Waals surface area (Å²) in [7, 11) is 2.64. The van der Waals surface area contributed by atoms with Gasteiger partial charge in [-0.15, -0.1) is 0 Å². The Labute approximate surface area is 138 Å². The summed E-state index contributed by atoms with van der Waals surface area (Å²) in [6.07, 6.45) is 1.55. The summed E-state index contributed by atoms with van der Waals surface area (Å²) < 4.78 is 1.85. The molecule has 132 valence electrons. The molecule has 9 heteroatoms. The van der Waals surface area contributed by atoms with Crippen LogP contribution in [0.5, 0.6) is 0 Å². The van der Waals surface area contributed by atoms with Gasteiger partial charge < -0.3 is 10.8 Å². The van der Waals surface area contributed by atoms with Crippen molar-refractivity contribution in [2.24, 2.45) is 20.0 Å². The quantitative estimate of drug-likeness (QED) is 0.676. The largest absolute Gasteiger partial charge is 0.480 e. The van der Waals surface area contributed by atoms with Crippen molar-refractivity contribution in [3.05, 3.63) is 26.4 Å². The second-order valence-electron chi connectivity index (χ2n) is 6.26. The van der Waals surface area contributed by atoms with E-state index in [0.717, 1.165) is 22.0 Å². The van der Waals surface area contributed by atoms with Crippen LogP contribution in [0.15, 0.2) is 9.59 Å². The summed E-state index contributed by atoms with van der Waals surface area (Å²) in [6, 6.07) is -0.777. The molecule has 0 saturated carbocycles. The van der Waals surface area contributed by atoms with Gasteiger partial charge in [0.25, 0.3) is 5.56 Å². The van der Waals surface area contributed by atoms with E-state index in [9.17, 15) is 24.3 Å². The second-order valence-corrected chi connectivity index (χ2v) is 6.26. The van der Waals surface area contributed by atoms with E-state index in [-0.39, 0.29) is 23.8 Å².